The lowest BCUT2D eigenvalue weighted by Crippen LogP contribution is -2.10. The van der Waals surface area contributed by atoms with Crippen molar-refractivity contribution in [2.75, 3.05) is 13.2 Å². The fourth-order valence-electron chi connectivity index (χ4n) is 1.14. The van der Waals surface area contributed by atoms with Crippen molar-refractivity contribution in [3.63, 3.8) is 0 Å². The van der Waals surface area contributed by atoms with Gasteiger partial charge in [0.25, 0.3) is 0 Å². The molecule has 0 bridgehead atoms. The Hall–Kier alpha value is -1.68. The van der Waals surface area contributed by atoms with Gasteiger partial charge in [0, 0.05) is 6.08 Å². The third-order valence-electron chi connectivity index (χ3n) is 1.82. The third-order valence-corrected chi connectivity index (χ3v) is 1.82. The SMILES string of the molecule is NC(C=O)=CC(=O)COCC1=CCC=C1. The molecule has 0 heterocycles. The fourth-order valence-corrected chi connectivity index (χ4v) is 1.14. The van der Waals surface area contributed by atoms with Crippen LogP contribution in [-0.4, -0.2) is 25.3 Å². The van der Waals surface area contributed by atoms with E-state index in [1.54, 1.807) is 0 Å². The van der Waals surface area contributed by atoms with Crippen molar-refractivity contribution in [1.82, 2.24) is 0 Å². The summed E-state index contributed by atoms with van der Waals surface area (Å²) in [5.41, 5.74) is 6.15. The first-order valence-corrected chi connectivity index (χ1v) is 4.61. The van der Waals surface area contributed by atoms with Gasteiger partial charge in [-0.15, -0.1) is 0 Å². The molecule has 0 fully saturated rings. The van der Waals surface area contributed by atoms with Crippen LogP contribution in [0.15, 0.2) is 35.6 Å². The Morgan fingerprint density at radius 3 is 3.00 bits per heavy atom. The summed E-state index contributed by atoms with van der Waals surface area (Å²) in [6, 6.07) is 0. The molecule has 0 saturated carbocycles. The molecule has 1 aliphatic carbocycles. The van der Waals surface area contributed by atoms with Crippen molar-refractivity contribution in [3.05, 3.63) is 35.6 Å². The lowest BCUT2D eigenvalue weighted by molar-refractivity contribution is -0.118. The first-order chi connectivity index (χ1) is 7.22. The number of hydrogen-bond acceptors (Lipinski definition) is 4. The maximum absolute atomic E-state index is 11.1. The van der Waals surface area contributed by atoms with Gasteiger partial charge in [-0.25, -0.2) is 0 Å². The average Bonchev–Trinajstić information content (AvgIpc) is 2.70. The van der Waals surface area contributed by atoms with E-state index in [1.165, 1.54) is 0 Å². The predicted octanol–water partition coefficient (Wildman–Crippen LogP) is 0.500. The number of carbonyl (C=O) groups excluding carboxylic acids is 2. The maximum Gasteiger partial charge on any atom is 0.183 e. The highest BCUT2D eigenvalue weighted by atomic mass is 16.5. The molecule has 0 amide bonds. The summed E-state index contributed by atoms with van der Waals surface area (Å²) in [5.74, 6) is -0.304. The molecule has 0 aromatic carbocycles. The molecule has 2 N–H and O–H groups in total. The molecule has 0 atom stereocenters. The van der Waals surface area contributed by atoms with Crippen LogP contribution in [0, 0.1) is 0 Å². The van der Waals surface area contributed by atoms with E-state index in [-0.39, 0.29) is 18.1 Å². The Balaban J connectivity index is 2.22. The van der Waals surface area contributed by atoms with Crippen LogP contribution in [0.3, 0.4) is 0 Å². The van der Waals surface area contributed by atoms with Gasteiger partial charge < -0.3 is 10.5 Å². The van der Waals surface area contributed by atoms with E-state index in [0.29, 0.717) is 12.9 Å². The molecule has 0 aromatic rings. The minimum absolute atomic E-state index is 0.0558. The lowest BCUT2D eigenvalue weighted by Gasteiger charge is -2.00. The van der Waals surface area contributed by atoms with E-state index in [9.17, 15) is 9.59 Å². The highest BCUT2D eigenvalue weighted by molar-refractivity contribution is 5.95. The number of allylic oxidation sites excluding steroid dienone is 3. The molecule has 1 rings (SSSR count). The molecule has 80 valence electrons. The standard InChI is InChI=1S/C11H13NO3/c12-10(6-13)5-11(14)8-15-7-9-3-1-2-4-9/h1,3-6H,2,7-8,12H2. The fraction of sp³-hybridized carbons (Fsp3) is 0.273. The molecule has 0 aromatic heterocycles. The van der Waals surface area contributed by atoms with E-state index < -0.39 is 0 Å². The van der Waals surface area contributed by atoms with Crippen LogP contribution in [0.4, 0.5) is 0 Å². The number of rotatable bonds is 6. The van der Waals surface area contributed by atoms with Crippen molar-refractivity contribution in [2.45, 2.75) is 6.42 Å². The molecule has 0 saturated heterocycles. The van der Waals surface area contributed by atoms with Gasteiger partial charge in [0.1, 0.15) is 6.61 Å². The highest BCUT2D eigenvalue weighted by Crippen LogP contribution is 2.08. The minimum Gasteiger partial charge on any atom is -0.396 e. The van der Waals surface area contributed by atoms with Crippen molar-refractivity contribution >= 4 is 12.1 Å². The van der Waals surface area contributed by atoms with Gasteiger partial charge in [0.2, 0.25) is 0 Å². The van der Waals surface area contributed by atoms with Crippen LogP contribution in [-0.2, 0) is 14.3 Å². The summed E-state index contributed by atoms with van der Waals surface area (Å²) in [5, 5.41) is 0. The van der Waals surface area contributed by atoms with Gasteiger partial charge in [-0.1, -0.05) is 18.2 Å². The number of ether oxygens (including phenoxy) is 1. The molecular weight excluding hydrogens is 194 g/mol. The van der Waals surface area contributed by atoms with Gasteiger partial charge in [-0.3, -0.25) is 9.59 Å². The molecular formula is C11H13NO3. The second-order valence-corrected chi connectivity index (χ2v) is 3.14. The Morgan fingerprint density at radius 2 is 2.40 bits per heavy atom. The van der Waals surface area contributed by atoms with E-state index in [4.69, 9.17) is 10.5 Å². The Labute approximate surface area is 88.1 Å². The van der Waals surface area contributed by atoms with Crippen molar-refractivity contribution in [3.8, 4) is 0 Å². The van der Waals surface area contributed by atoms with E-state index >= 15 is 0 Å². The van der Waals surface area contributed by atoms with Crippen LogP contribution in [0.2, 0.25) is 0 Å². The van der Waals surface area contributed by atoms with Crippen LogP contribution in [0.5, 0.6) is 0 Å². The van der Waals surface area contributed by atoms with E-state index in [0.717, 1.165) is 18.1 Å². The van der Waals surface area contributed by atoms with E-state index in [2.05, 4.69) is 0 Å². The number of aldehydes is 1. The van der Waals surface area contributed by atoms with Gasteiger partial charge in [0.15, 0.2) is 12.1 Å². The van der Waals surface area contributed by atoms with Crippen LogP contribution in [0.25, 0.3) is 0 Å². The second-order valence-electron chi connectivity index (χ2n) is 3.14. The Bertz CT molecular complexity index is 340. The predicted molar refractivity (Wildman–Crippen MR) is 56.0 cm³/mol. The molecule has 0 aliphatic heterocycles. The summed E-state index contributed by atoms with van der Waals surface area (Å²) < 4.78 is 5.14. The molecule has 0 radical (unpaired) electrons. The highest BCUT2D eigenvalue weighted by Gasteiger charge is 2.01. The summed E-state index contributed by atoms with van der Waals surface area (Å²) in [6.07, 6.45) is 8.43. The van der Waals surface area contributed by atoms with Crippen molar-refractivity contribution < 1.29 is 14.3 Å². The van der Waals surface area contributed by atoms with Crippen LogP contribution in [0.1, 0.15) is 6.42 Å². The van der Waals surface area contributed by atoms with E-state index in [1.807, 2.05) is 18.2 Å². The lowest BCUT2D eigenvalue weighted by atomic mass is 10.3. The van der Waals surface area contributed by atoms with Gasteiger partial charge in [-0.05, 0) is 12.0 Å². The smallest absolute Gasteiger partial charge is 0.183 e. The molecule has 4 nitrogen and oxygen atoms in total. The zero-order chi connectivity index (χ0) is 11.1. The Kier molecular flexibility index (Phi) is 4.50. The minimum atomic E-state index is -0.304. The zero-order valence-corrected chi connectivity index (χ0v) is 8.31. The molecule has 15 heavy (non-hydrogen) atoms. The normalized spacial score (nSPS) is 15.2. The average molecular weight is 207 g/mol. The molecule has 1 aliphatic rings. The zero-order valence-electron chi connectivity index (χ0n) is 8.31. The molecule has 0 spiro atoms. The topological polar surface area (TPSA) is 69.4 Å². The Morgan fingerprint density at radius 1 is 1.60 bits per heavy atom. The molecule has 4 heteroatoms. The largest absolute Gasteiger partial charge is 0.396 e. The van der Waals surface area contributed by atoms with Crippen molar-refractivity contribution in [2.24, 2.45) is 5.73 Å². The third kappa shape index (κ3) is 4.37. The van der Waals surface area contributed by atoms with Crippen molar-refractivity contribution in [1.29, 1.82) is 0 Å². The summed E-state index contributed by atoms with van der Waals surface area (Å²) >= 11 is 0. The monoisotopic (exact) mass is 207 g/mol. The van der Waals surface area contributed by atoms with Gasteiger partial charge >= 0.3 is 0 Å². The summed E-state index contributed by atoms with van der Waals surface area (Å²) in [4.78, 5) is 21.2. The van der Waals surface area contributed by atoms with Crippen LogP contribution < -0.4 is 5.73 Å². The first kappa shape index (κ1) is 11.4. The molecule has 0 unspecified atom stereocenters. The first-order valence-electron chi connectivity index (χ1n) is 4.61. The quantitative estimate of drug-likeness (QED) is 0.508. The summed E-state index contributed by atoms with van der Waals surface area (Å²) in [7, 11) is 0. The number of carbonyl (C=O) groups is 2. The maximum atomic E-state index is 11.1. The summed E-state index contributed by atoms with van der Waals surface area (Å²) in [6.45, 7) is 0.358. The van der Waals surface area contributed by atoms with Crippen LogP contribution >= 0.6 is 0 Å². The number of nitrogens with two attached hydrogens (primary N) is 1. The van der Waals surface area contributed by atoms with Gasteiger partial charge in [-0.2, -0.15) is 0 Å². The number of ketones is 1. The second kappa shape index (κ2) is 5.93. The van der Waals surface area contributed by atoms with Gasteiger partial charge in [0.05, 0.1) is 12.3 Å². The number of hydrogen-bond donors (Lipinski definition) is 1.